The first-order valence-electron chi connectivity index (χ1n) is 7.69. The molecule has 0 aromatic carbocycles. The number of carboxylic acids is 1. The zero-order valence-electron chi connectivity index (χ0n) is 12.7. The maximum absolute atomic E-state index is 12.2. The quantitative estimate of drug-likeness (QED) is 0.747. The summed E-state index contributed by atoms with van der Waals surface area (Å²) in [7, 11) is 0. The molecule has 0 bridgehead atoms. The number of aliphatic carboxylic acids is 1. The van der Waals surface area contributed by atoms with Crippen molar-refractivity contribution in [2.24, 2.45) is 17.6 Å². The van der Waals surface area contributed by atoms with E-state index in [0.29, 0.717) is 18.9 Å². The third-order valence-electron chi connectivity index (χ3n) is 4.21. The highest BCUT2D eigenvalue weighted by Crippen LogP contribution is 2.26. The molecule has 3 N–H and O–H groups in total. The van der Waals surface area contributed by atoms with E-state index in [9.17, 15) is 9.59 Å². The van der Waals surface area contributed by atoms with Gasteiger partial charge in [-0.2, -0.15) is 0 Å². The topological polar surface area (TPSA) is 83.6 Å². The summed E-state index contributed by atoms with van der Waals surface area (Å²) in [5.74, 6) is -0.220. The zero-order valence-corrected chi connectivity index (χ0v) is 12.7. The zero-order chi connectivity index (χ0) is 15.1. The second-order valence-electron chi connectivity index (χ2n) is 6.07. The van der Waals surface area contributed by atoms with E-state index in [-0.39, 0.29) is 24.3 Å². The Morgan fingerprint density at radius 3 is 2.70 bits per heavy atom. The summed E-state index contributed by atoms with van der Waals surface area (Å²) in [6.45, 7) is 5.50. The third-order valence-corrected chi connectivity index (χ3v) is 4.21. The second-order valence-corrected chi connectivity index (χ2v) is 6.07. The van der Waals surface area contributed by atoms with Crippen molar-refractivity contribution in [2.75, 3.05) is 13.1 Å². The fraction of sp³-hybridized carbons (Fsp3) is 0.867. The Kier molecular flexibility index (Phi) is 6.99. The summed E-state index contributed by atoms with van der Waals surface area (Å²) in [4.78, 5) is 24.9. The average Bonchev–Trinajstić information content (AvgIpc) is 2.38. The summed E-state index contributed by atoms with van der Waals surface area (Å²) in [6, 6.07) is -0.0516. The Morgan fingerprint density at radius 2 is 2.10 bits per heavy atom. The van der Waals surface area contributed by atoms with Gasteiger partial charge in [0.2, 0.25) is 5.91 Å². The first-order valence-corrected chi connectivity index (χ1v) is 7.69. The van der Waals surface area contributed by atoms with E-state index >= 15 is 0 Å². The van der Waals surface area contributed by atoms with Gasteiger partial charge in [0.15, 0.2) is 0 Å². The molecule has 1 rings (SSSR count). The van der Waals surface area contributed by atoms with Crippen molar-refractivity contribution in [3.8, 4) is 0 Å². The summed E-state index contributed by atoms with van der Waals surface area (Å²) < 4.78 is 0. The highest BCUT2D eigenvalue weighted by atomic mass is 16.4. The van der Waals surface area contributed by atoms with Gasteiger partial charge in [0.25, 0.3) is 0 Å². The lowest BCUT2D eigenvalue weighted by atomic mass is 9.84. The molecule has 0 radical (unpaired) electrons. The van der Waals surface area contributed by atoms with Gasteiger partial charge >= 0.3 is 5.97 Å². The van der Waals surface area contributed by atoms with Gasteiger partial charge in [0.1, 0.15) is 0 Å². The molecule has 3 atom stereocenters. The number of hydrogen-bond acceptors (Lipinski definition) is 3. The number of rotatable bonds is 7. The molecule has 1 aliphatic rings. The molecule has 20 heavy (non-hydrogen) atoms. The second kappa shape index (κ2) is 8.25. The van der Waals surface area contributed by atoms with E-state index in [2.05, 4.69) is 6.92 Å². The smallest absolute Gasteiger partial charge is 0.303 e. The molecule has 0 saturated carbocycles. The minimum atomic E-state index is -0.758. The molecule has 3 unspecified atom stereocenters. The molecule has 1 fully saturated rings. The molecular weight excluding hydrogens is 256 g/mol. The van der Waals surface area contributed by atoms with Crippen LogP contribution in [-0.2, 0) is 9.59 Å². The van der Waals surface area contributed by atoms with Crippen LogP contribution in [-0.4, -0.2) is 41.0 Å². The number of carboxylic acid groups (broad SMARTS) is 1. The fourth-order valence-electron chi connectivity index (χ4n) is 2.97. The maximum atomic E-state index is 12.2. The number of likely N-dealkylation sites (tertiary alicyclic amines) is 1. The van der Waals surface area contributed by atoms with Crippen molar-refractivity contribution in [3.63, 3.8) is 0 Å². The van der Waals surface area contributed by atoms with Crippen molar-refractivity contribution in [1.82, 2.24) is 4.90 Å². The predicted octanol–water partition coefficient (Wildman–Crippen LogP) is 1.85. The van der Waals surface area contributed by atoms with Crippen molar-refractivity contribution in [1.29, 1.82) is 0 Å². The highest BCUT2D eigenvalue weighted by molar-refractivity contribution is 5.77. The number of nitrogens with two attached hydrogens (primary N) is 1. The van der Waals surface area contributed by atoms with Gasteiger partial charge in [-0.25, -0.2) is 0 Å². The largest absolute Gasteiger partial charge is 0.481 e. The monoisotopic (exact) mass is 284 g/mol. The van der Waals surface area contributed by atoms with Crippen LogP contribution in [0.2, 0.25) is 0 Å². The molecule has 0 aliphatic carbocycles. The van der Waals surface area contributed by atoms with Crippen molar-refractivity contribution >= 4 is 11.9 Å². The number of carbonyl (C=O) groups is 2. The third kappa shape index (κ3) is 5.49. The van der Waals surface area contributed by atoms with E-state index in [4.69, 9.17) is 10.8 Å². The van der Waals surface area contributed by atoms with E-state index < -0.39 is 5.97 Å². The molecule has 5 heteroatoms. The number of nitrogens with zero attached hydrogens (tertiary/aromatic N) is 1. The van der Waals surface area contributed by atoms with Crippen molar-refractivity contribution in [2.45, 2.75) is 58.4 Å². The van der Waals surface area contributed by atoms with Crippen LogP contribution in [0.5, 0.6) is 0 Å². The first kappa shape index (κ1) is 17.0. The minimum Gasteiger partial charge on any atom is -0.481 e. The number of carbonyl (C=O) groups excluding carboxylic acids is 1. The Morgan fingerprint density at radius 1 is 1.40 bits per heavy atom. The molecule has 116 valence electrons. The number of amides is 1. The van der Waals surface area contributed by atoms with E-state index in [1.807, 2.05) is 11.8 Å². The first-order chi connectivity index (χ1) is 9.43. The Labute approximate surface area is 121 Å². The lowest BCUT2D eigenvalue weighted by Crippen LogP contribution is -2.43. The molecule has 0 aromatic heterocycles. The Balaban J connectivity index is 2.47. The predicted molar refractivity (Wildman–Crippen MR) is 78.2 cm³/mol. The molecule has 1 saturated heterocycles. The molecule has 0 aromatic rings. The van der Waals surface area contributed by atoms with Gasteiger partial charge in [-0.15, -0.1) is 0 Å². The standard InChI is InChI=1S/C15H28N2O3/c1-3-5-13(16)9-14(18)17-7-4-6-12(10-17)11(2)8-15(19)20/h11-13H,3-10,16H2,1-2H3,(H,19,20). The van der Waals surface area contributed by atoms with E-state index in [0.717, 1.165) is 32.2 Å². The molecule has 1 amide bonds. The van der Waals surface area contributed by atoms with Crippen LogP contribution in [0.4, 0.5) is 0 Å². The average molecular weight is 284 g/mol. The summed E-state index contributed by atoms with van der Waals surface area (Å²) in [6.07, 6.45) is 4.43. The summed E-state index contributed by atoms with van der Waals surface area (Å²) >= 11 is 0. The Hall–Kier alpha value is -1.10. The summed E-state index contributed by atoms with van der Waals surface area (Å²) in [5, 5.41) is 8.87. The molecular formula is C15H28N2O3. The van der Waals surface area contributed by atoms with Gasteiger partial charge in [-0.3, -0.25) is 9.59 Å². The van der Waals surface area contributed by atoms with Crippen LogP contribution in [0.15, 0.2) is 0 Å². The van der Waals surface area contributed by atoms with Crippen molar-refractivity contribution in [3.05, 3.63) is 0 Å². The SMILES string of the molecule is CCCC(N)CC(=O)N1CCCC(C(C)CC(=O)O)C1. The lowest BCUT2D eigenvalue weighted by molar-refractivity contribution is -0.138. The highest BCUT2D eigenvalue weighted by Gasteiger charge is 2.28. The van der Waals surface area contributed by atoms with Crippen LogP contribution in [0.3, 0.4) is 0 Å². The van der Waals surface area contributed by atoms with E-state index in [1.165, 1.54) is 0 Å². The molecule has 1 heterocycles. The maximum Gasteiger partial charge on any atom is 0.303 e. The van der Waals surface area contributed by atoms with Crippen LogP contribution < -0.4 is 5.73 Å². The van der Waals surface area contributed by atoms with Gasteiger partial charge in [0, 0.05) is 32.0 Å². The Bertz CT molecular complexity index is 333. The van der Waals surface area contributed by atoms with Crippen LogP contribution in [0.25, 0.3) is 0 Å². The van der Waals surface area contributed by atoms with Gasteiger partial charge in [-0.05, 0) is 31.1 Å². The number of piperidine rings is 1. The molecule has 0 spiro atoms. The number of hydrogen-bond donors (Lipinski definition) is 2. The normalized spacial score (nSPS) is 22.4. The molecule has 5 nitrogen and oxygen atoms in total. The van der Waals surface area contributed by atoms with Gasteiger partial charge < -0.3 is 15.7 Å². The van der Waals surface area contributed by atoms with Crippen LogP contribution in [0, 0.1) is 11.8 Å². The van der Waals surface area contributed by atoms with Gasteiger partial charge in [0.05, 0.1) is 0 Å². The van der Waals surface area contributed by atoms with Crippen LogP contribution >= 0.6 is 0 Å². The van der Waals surface area contributed by atoms with Crippen LogP contribution in [0.1, 0.15) is 52.4 Å². The van der Waals surface area contributed by atoms with Gasteiger partial charge in [-0.1, -0.05) is 20.3 Å². The van der Waals surface area contributed by atoms with E-state index in [1.54, 1.807) is 0 Å². The fourth-order valence-corrected chi connectivity index (χ4v) is 2.97. The lowest BCUT2D eigenvalue weighted by Gasteiger charge is -2.36. The summed E-state index contributed by atoms with van der Waals surface area (Å²) in [5.41, 5.74) is 5.93. The molecule has 1 aliphatic heterocycles. The minimum absolute atomic E-state index is 0.0516. The van der Waals surface area contributed by atoms with Crippen molar-refractivity contribution < 1.29 is 14.7 Å².